The number of carbonyl (C=O) groups excluding carboxylic acids is 1. The van der Waals surface area contributed by atoms with E-state index >= 15 is 0 Å². The molecular weight excluding hydrogens is 260 g/mol. The number of ether oxygens (including phenoxy) is 1. The fourth-order valence-electron chi connectivity index (χ4n) is 1.94. The number of carboxylic acids is 1. The van der Waals surface area contributed by atoms with Crippen LogP contribution in [0.2, 0.25) is 0 Å². The smallest absolute Gasteiger partial charge is 0.346 e. The summed E-state index contributed by atoms with van der Waals surface area (Å²) < 4.78 is 5.35. The van der Waals surface area contributed by atoms with Crippen LogP contribution in [0.15, 0.2) is 24.3 Å². The molecule has 0 aromatic heterocycles. The van der Waals surface area contributed by atoms with Crippen LogP contribution in [0.3, 0.4) is 0 Å². The molecule has 2 N–H and O–H groups in total. The molecule has 1 aromatic rings. The van der Waals surface area contributed by atoms with Gasteiger partial charge < -0.3 is 14.7 Å². The Morgan fingerprint density at radius 1 is 1.50 bits per heavy atom. The van der Waals surface area contributed by atoms with Gasteiger partial charge in [0, 0.05) is 0 Å². The molecule has 1 heterocycles. The largest absolute Gasteiger partial charge is 0.478 e. The van der Waals surface area contributed by atoms with E-state index in [-0.39, 0.29) is 25.5 Å². The van der Waals surface area contributed by atoms with Crippen molar-refractivity contribution in [3.05, 3.63) is 24.3 Å². The molecule has 1 atom stereocenters. The van der Waals surface area contributed by atoms with Crippen molar-refractivity contribution in [1.82, 2.24) is 5.32 Å². The highest BCUT2D eigenvalue weighted by molar-refractivity contribution is 5.97. The molecule has 0 spiro atoms. The van der Waals surface area contributed by atoms with E-state index in [0.717, 1.165) is 0 Å². The summed E-state index contributed by atoms with van der Waals surface area (Å²) in [7, 11) is 0. The lowest BCUT2D eigenvalue weighted by atomic mass is 10.2. The minimum atomic E-state index is -1.10. The number of anilines is 1. The summed E-state index contributed by atoms with van der Waals surface area (Å²) in [5.74, 6) is 1.41. The van der Waals surface area contributed by atoms with Crippen LogP contribution in [0.25, 0.3) is 0 Å². The van der Waals surface area contributed by atoms with Gasteiger partial charge in [0.25, 0.3) is 0 Å². The van der Waals surface area contributed by atoms with Gasteiger partial charge in [-0.1, -0.05) is 18.1 Å². The number of carbonyl (C=O) groups is 2. The molecule has 0 saturated carbocycles. The van der Waals surface area contributed by atoms with Crippen LogP contribution in [-0.2, 0) is 9.59 Å². The third kappa shape index (κ3) is 2.90. The minimum absolute atomic E-state index is 0.0249. The van der Waals surface area contributed by atoms with Crippen LogP contribution < -0.4 is 15.0 Å². The zero-order chi connectivity index (χ0) is 14.5. The number of benzene rings is 1. The van der Waals surface area contributed by atoms with Gasteiger partial charge in [0.15, 0.2) is 0 Å². The van der Waals surface area contributed by atoms with Gasteiger partial charge in [0.1, 0.15) is 5.75 Å². The van der Waals surface area contributed by atoms with Crippen molar-refractivity contribution in [1.29, 1.82) is 0 Å². The molecule has 0 aliphatic carbocycles. The monoisotopic (exact) mass is 274 g/mol. The number of carboxylic acid groups (broad SMARTS) is 1. The van der Waals surface area contributed by atoms with E-state index < -0.39 is 12.1 Å². The van der Waals surface area contributed by atoms with Gasteiger partial charge in [0.2, 0.25) is 12.0 Å². The van der Waals surface area contributed by atoms with Crippen LogP contribution >= 0.6 is 0 Å². The van der Waals surface area contributed by atoms with Gasteiger partial charge in [-0.25, -0.2) is 4.79 Å². The Labute approximate surface area is 116 Å². The van der Waals surface area contributed by atoms with Gasteiger partial charge in [-0.15, -0.1) is 6.42 Å². The fraction of sp³-hybridized carbons (Fsp3) is 0.286. The summed E-state index contributed by atoms with van der Waals surface area (Å²) in [6.45, 7) is 0.299. The van der Waals surface area contributed by atoms with Gasteiger partial charge >= 0.3 is 5.97 Å². The second kappa shape index (κ2) is 6.08. The molecule has 1 aliphatic heterocycles. The lowest BCUT2D eigenvalue weighted by Crippen LogP contribution is -2.49. The Kier molecular flexibility index (Phi) is 4.23. The second-order valence-corrected chi connectivity index (χ2v) is 4.22. The molecule has 0 bridgehead atoms. The van der Waals surface area contributed by atoms with Crippen molar-refractivity contribution in [2.75, 3.05) is 24.5 Å². The number of nitrogens with zero attached hydrogens (tertiary/aromatic N) is 1. The average Bonchev–Trinajstić information content (AvgIpc) is 2.46. The van der Waals surface area contributed by atoms with Gasteiger partial charge in [0.05, 0.1) is 25.3 Å². The molecule has 1 aromatic carbocycles. The van der Waals surface area contributed by atoms with Gasteiger partial charge in [-0.3, -0.25) is 10.1 Å². The minimum Gasteiger partial charge on any atom is -0.478 e. The number of para-hydroxylation sites is 2. The highest BCUT2D eigenvalue weighted by Crippen LogP contribution is 2.33. The van der Waals surface area contributed by atoms with Crippen LogP contribution in [0.5, 0.6) is 5.75 Å². The topological polar surface area (TPSA) is 78.9 Å². The molecule has 1 unspecified atom stereocenters. The zero-order valence-corrected chi connectivity index (χ0v) is 10.7. The number of amides is 1. The fourth-order valence-corrected chi connectivity index (χ4v) is 1.94. The van der Waals surface area contributed by atoms with Crippen LogP contribution in [-0.4, -0.2) is 42.7 Å². The molecule has 6 heteroatoms. The Morgan fingerprint density at radius 2 is 2.25 bits per heavy atom. The standard InChI is InChI=1S/C14H14N2O4/c1-2-7-15-8-13(17)16-9-12(14(18)19)20-11-6-4-3-5-10(11)16/h1,3-6,12,15H,7-9H2,(H,18,19). The highest BCUT2D eigenvalue weighted by Gasteiger charge is 2.33. The summed E-state index contributed by atoms with van der Waals surface area (Å²) in [5, 5.41) is 11.9. The van der Waals surface area contributed by atoms with E-state index in [4.69, 9.17) is 16.3 Å². The number of nitrogens with one attached hydrogen (secondary N) is 1. The Hall–Kier alpha value is -2.52. The van der Waals surface area contributed by atoms with Crippen molar-refractivity contribution in [3.8, 4) is 18.1 Å². The van der Waals surface area contributed by atoms with E-state index in [2.05, 4.69) is 11.2 Å². The van der Waals surface area contributed by atoms with Crippen molar-refractivity contribution in [2.45, 2.75) is 6.10 Å². The molecule has 0 saturated heterocycles. The number of aliphatic carboxylic acids is 1. The van der Waals surface area contributed by atoms with Crippen LogP contribution in [0, 0.1) is 12.3 Å². The van der Waals surface area contributed by atoms with Crippen LogP contribution in [0.4, 0.5) is 5.69 Å². The zero-order valence-electron chi connectivity index (χ0n) is 10.7. The summed E-state index contributed by atoms with van der Waals surface area (Å²) >= 11 is 0. The van der Waals surface area contributed by atoms with E-state index in [1.807, 2.05) is 0 Å². The Balaban J connectivity index is 2.20. The van der Waals surface area contributed by atoms with Crippen molar-refractivity contribution in [3.63, 3.8) is 0 Å². The first-order valence-corrected chi connectivity index (χ1v) is 6.06. The predicted octanol–water partition coefficient (Wildman–Crippen LogP) is 0.0880. The SMILES string of the molecule is C#CCNCC(=O)N1CC(C(=O)O)Oc2ccccc21. The first-order chi connectivity index (χ1) is 9.63. The molecule has 0 radical (unpaired) electrons. The third-order valence-electron chi connectivity index (χ3n) is 2.85. The first-order valence-electron chi connectivity index (χ1n) is 6.06. The lowest BCUT2D eigenvalue weighted by Gasteiger charge is -2.33. The number of terminal acetylenes is 1. The summed E-state index contributed by atoms with van der Waals surface area (Å²) in [6.07, 6.45) is 4.03. The number of hydrogen-bond donors (Lipinski definition) is 2. The number of fused-ring (bicyclic) bond motifs is 1. The Bertz CT molecular complexity index is 565. The van der Waals surface area contributed by atoms with Crippen molar-refractivity contribution < 1.29 is 19.4 Å². The normalized spacial score (nSPS) is 16.8. The molecule has 6 nitrogen and oxygen atoms in total. The predicted molar refractivity (Wildman–Crippen MR) is 72.5 cm³/mol. The molecule has 0 fully saturated rings. The quantitative estimate of drug-likeness (QED) is 0.601. The summed E-state index contributed by atoms with van der Waals surface area (Å²) in [5.41, 5.74) is 0.567. The number of rotatable bonds is 4. The molecule has 2 rings (SSSR count). The maximum Gasteiger partial charge on any atom is 0.346 e. The summed E-state index contributed by atoms with van der Waals surface area (Å²) in [4.78, 5) is 24.6. The highest BCUT2D eigenvalue weighted by atomic mass is 16.5. The maximum atomic E-state index is 12.2. The molecule has 20 heavy (non-hydrogen) atoms. The van der Waals surface area contributed by atoms with Crippen LogP contribution in [0.1, 0.15) is 0 Å². The second-order valence-electron chi connectivity index (χ2n) is 4.22. The molecular formula is C14H14N2O4. The van der Waals surface area contributed by atoms with Gasteiger partial charge in [-0.05, 0) is 12.1 Å². The molecule has 104 valence electrons. The van der Waals surface area contributed by atoms with Crippen molar-refractivity contribution >= 4 is 17.6 Å². The van der Waals surface area contributed by atoms with Crippen molar-refractivity contribution in [2.24, 2.45) is 0 Å². The molecule has 1 amide bonds. The molecule has 1 aliphatic rings. The van der Waals surface area contributed by atoms with Gasteiger partial charge in [-0.2, -0.15) is 0 Å². The van der Waals surface area contributed by atoms with E-state index in [0.29, 0.717) is 11.4 Å². The first kappa shape index (κ1) is 13.9. The van der Waals surface area contributed by atoms with E-state index in [1.54, 1.807) is 24.3 Å². The average molecular weight is 274 g/mol. The van der Waals surface area contributed by atoms with E-state index in [9.17, 15) is 9.59 Å². The van der Waals surface area contributed by atoms with E-state index in [1.165, 1.54) is 4.90 Å². The number of hydrogen-bond acceptors (Lipinski definition) is 4. The lowest BCUT2D eigenvalue weighted by molar-refractivity contribution is -0.145. The third-order valence-corrected chi connectivity index (χ3v) is 2.85. The Morgan fingerprint density at radius 3 is 2.95 bits per heavy atom. The summed E-state index contributed by atoms with van der Waals surface area (Å²) in [6, 6.07) is 6.84. The maximum absolute atomic E-state index is 12.2.